The van der Waals surface area contributed by atoms with Gasteiger partial charge in [0.2, 0.25) is 0 Å². The van der Waals surface area contributed by atoms with Crippen molar-refractivity contribution in [1.82, 2.24) is 4.90 Å². The number of nitrogens with zero attached hydrogens (tertiary/aromatic N) is 1. The van der Waals surface area contributed by atoms with E-state index in [1.165, 1.54) is 77.2 Å². The van der Waals surface area contributed by atoms with Crippen LogP contribution in [0.1, 0.15) is 70.6 Å². The Labute approximate surface area is 113 Å². The lowest BCUT2D eigenvalue weighted by Gasteiger charge is -2.35. The normalized spacial score (nSPS) is 23.7. The maximum atomic E-state index is 5.80. The van der Waals surface area contributed by atoms with Crippen molar-refractivity contribution < 1.29 is 0 Å². The molecule has 0 spiro atoms. The van der Waals surface area contributed by atoms with Gasteiger partial charge in [0.1, 0.15) is 0 Å². The molecule has 2 fully saturated rings. The molecule has 106 valence electrons. The Bertz CT molecular complexity index is 205. The maximum absolute atomic E-state index is 5.80. The van der Waals surface area contributed by atoms with E-state index < -0.39 is 0 Å². The Hall–Kier alpha value is -0.0800. The molecule has 0 aromatic carbocycles. The molecule has 0 saturated heterocycles. The molecule has 0 aromatic rings. The van der Waals surface area contributed by atoms with Gasteiger partial charge < -0.3 is 5.73 Å². The van der Waals surface area contributed by atoms with Crippen molar-refractivity contribution in [3.63, 3.8) is 0 Å². The van der Waals surface area contributed by atoms with Gasteiger partial charge in [-0.15, -0.1) is 0 Å². The van der Waals surface area contributed by atoms with E-state index in [-0.39, 0.29) is 0 Å². The fraction of sp³-hybridized carbons (Fsp3) is 1.00. The lowest BCUT2D eigenvalue weighted by molar-refractivity contribution is 0.145. The predicted octanol–water partition coefficient (Wildman–Crippen LogP) is 3.55. The molecule has 0 heterocycles. The van der Waals surface area contributed by atoms with Crippen LogP contribution in [0.5, 0.6) is 0 Å². The fourth-order valence-corrected chi connectivity index (χ4v) is 3.91. The minimum atomic E-state index is 0.834. The van der Waals surface area contributed by atoms with E-state index in [0.717, 1.165) is 25.0 Å². The molecule has 0 atom stereocenters. The summed E-state index contributed by atoms with van der Waals surface area (Å²) in [7, 11) is 0. The summed E-state index contributed by atoms with van der Waals surface area (Å²) in [6, 6.07) is 0.853. The highest BCUT2D eigenvalue weighted by molar-refractivity contribution is 4.77. The average molecular weight is 252 g/mol. The summed E-state index contributed by atoms with van der Waals surface area (Å²) in [4.78, 5) is 2.72. The molecule has 0 aromatic heterocycles. The molecule has 0 bridgehead atoms. The summed E-state index contributed by atoms with van der Waals surface area (Å²) in [5.41, 5.74) is 5.80. The minimum Gasteiger partial charge on any atom is -0.329 e. The van der Waals surface area contributed by atoms with Gasteiger partial charge in [-0.3, -0.25) is 4.90 Å². The molecule has 2 heteroatoms. The Balaban J connectivity index is 1.73. The summed E-state index contributed by atoms with van der Waals surface area (Å²) in [6.45, 7) is 3.27. The van der Waals surface area contributed by atoms with Crippen LogP contribution >= 0.6 is 0 Å². The molecule has 2 aliphatic carbocycles. The number of hydrogen-bond acceptors (Lipinski definition) is 2. The Morgan fingerprint density at radius 1 is 0.778 bits per heavy atom. The highest BCUT2D eigenvalue weighted by Crippen LogP contribution is 2.28. The topological polar surface area (TPSA) is 29.3 Å². The molecule has 0 aliphatic heterocycles. The standard InChI is InChI=1S/C16H32N2/c17-12-14-18(16-9-5-2-6-10-16)13-11-15-7-3-1-4-8-15/h15-16H,1-14,17H2. The molecule has 0 unspecified atom stereocenters. The third-order valence-corrected chi connectivity index (χ3v) is 5.06. The summed E-state index contributed by atoms with van der Waals surface area (Å²) in [5, 5.41) is 0. The van der Waals surface area contributed by atoms with Gasteiger partial charge in [0.05, 0.1) is 0 Å². The van der Waals surface area contributed by atoms with Gasteiger partial charge in [-0.25, -0.2) is 0 Å². The van der Waals surface area contributed by atoms with Crippen LogP contribution in [0.25, 0.3) is 0 Å². The molecule has 2 N–H and O–H groups in total. The zero-order chi connectivity index (χ0) is 12.6. The van der Waals surface area contributed by atoms with Gasteiger partial charge in [-0.1, -0.05) is 51.4 Å². The van der Waals surface area contributed by atoms with Crippen LogP contribution < -0.4 is 5.73 Å². The highest BCUT2D eigenvalue weighted by atomic mass is 15.2. The van der Waals surface area contributed by atoms with Crippen molar-refractivity contribution in [2.75, 3.05) is 19.6 Å². The predicted molar refractivity (Wildman–Crippen MR) is 78.7 cm³/mol. The van der Waals surface area contributed by atoms with Crippen LogP contribution in [0.15, 0.2) is 0 Å². The summed E-state index contributed by atoms with van der Waals surface area (Å²) < 4.78 is 0. The van der Waals surface area contributed by atoms with Gasteiger partial charge in [-0.2, -0.15) is 0 Å². The molecule has 0 radical (unpaired) electrons. The summed E-state index contributed by atoms with van der Waals surface area (Å²) in [6.07, 6.45) is 16.0. The van der Waals surface area contributed by atoms with E-state index in [1.807, 2.05) is 0 Å². The molecular formula is C16H32N2. The quantitative estimate of drug-likeness (QED) is 0.783. The first-order chi connectivity index (χ1) is 8.90. The zero-order valence-electron chi connectivity index (χ0n) is 12.1. The molecule has 18 heavy (non-hydrogen) atoms. The van der Waals surface area contributed by atoms with E-state index >= 15 is 0 Å². The van der Waals surface area contributed by atoms with Crippen molar-refractivity contribution in [2.24, 2.45) is 11.7 Å². The van der Waals surface area contributed by atoms with Crippen LogP contribution in [0.3, 0.4) is 0 Å². The third kappa shape index (κ3) is 4.55. The van der Waals surface area contributed by atoms with Crippen molar-refractivity contribution in [2.45, 2.75) is 76.7 Å². The second-order valence-electron chi connectivity index (χ2n) is 6.41. The Morgan fingerprint density at radius 3 is 2.00 bits per heavy atom. The maximum Gasteiger partial charge on any atom is 0.0108 e. The van der Waals surface area contributed by atoms with Crippen molar-refractivity contribution in [1.29, 1.82) is 0 Å². The monoisotopic (exact) mass is 252 g/mol. The van der Waals surface area contributed by atoms with Crippen LogP contribution in [0.4, 0.5) is 0 Å². The second-order valence-corrected chi connectivity index (χ2v) is 6.41. The van der Waals surface area contributed by atoms with E-state index in [0.29, 0.717) is 0 Å². The van der Waals surface area contributed by atoms with Gasteiger partial charge in [0.25, 0.3) is 0 Å². The summed E-state index contributed by atoms with van der Waals surface area (Å²) in [5.74, 6) is 1.02. The third-order valence-electron chi connectivity index (χ3n) is 5.06. The second kappa shape index (κ2) is 8.16. The van der Waals surface area contributed by atoms with Crippen molar-refractivity contribution in [3.05, 3.63) is 0 Å². The number of rotatable bonds is 6. The lowest BCUT2D eigenvalue weighted by Crippen LogP contribution is -2.41. The Morgan fingerprint density at radius 2 is 1.39 bits per heavy atom. The van der Waals surface area contributed by atoms with E-state index in [1.54, 1.807) is 0 Å². The molecule has 2 rings (SSSR count). The largest absolute Gasteiger partial charge is 0.329 e. The van der Waals surface area contributed by atoms with Gasteiger partial charge in [-0.05, 0) is 31.7 Å². The molecular weight excluding hydrogens is 220 g/mol. The van der Waals surface area contributed by atoms with Gasteiger partial charge >= 0.3 is 0 Å². The average Bonchev–Trinajstić information content (AvgIpc) is 2.45. The van der Waals surface area contributed by atoms with Crippen LogP contribution in [-0.2, 0) is 0 Å². The van der Waals surface area contributed by atoms with Crippen LogP contribution in [-0.4, -0.2) is 30.6 Å². The first-order valence-corrected chi connectivity index (χ1v) is 8.34. The van der Waals surface area contributed by atoms with Gasteiger partial charge in [0, 0.05) is 19.1 Å². The summed E-state index contributed by atoms with van der Waals surface area (Å²) >= 11 is 0. The van der Waals surface area contributed by atoms with Crippen LogP contribution in [0.2, 0.25) is 0 Å². The SMILES string of the molecule is NCCN(CCC1CCCCC1)C1CCCCC1. The smallest absolute Gasteiger partial charge is 0.0108 e. The first-order valence-electron chi connectivity index (χ1n) is 8.34. The van der Waals surface area contributed by atoms with E-state index in [2.05, 4.69) is 4.90 Å². The number of hydrogen-bond donors (Lipinski definition) is 1. The lowest BCUT2D eigenvalue weighted by atomic mass is 9.86. The molecule has 2 nitrogen and oxygen atoms in total. The van der Waals surface area contributed by atoms with E-state index in [9.17, 15) is 0 Å². The highest BCUT2D eigenvalue weighted by Gasteiger charge is 2.22. The van der Waals surface area contributed by atoms with Gasteiger partial charge in [0.15, 0.2) is 0 Å². The molecule has 0 amide bonds. The Kier molecular flexibility index (Phi) is 6.50. The molecule has 2 aliphatic rings. The first kappa shape index (κ1) is 14.3. The zero-order valence-corrected chi connectivity index (χ0v) is 12.1. The van der Waals surface area contributed by atoms with Crippen molar-refractivity contribution in [3.8, 4) is 0 Å². The van der Waals surface area contributed by atoms with E-state index in [4.69, 9.17) is 5.73 Å². The van der Waals surface area contributed by atoms with Crippen molar-refractivity contribution >= 4 is 0 Å². The van der Waals surface area contributed by atoms with Crippen LogP contribution in [0, 0.1) is 5.92 Å². The number of nitrogens with two attached hydrogens (primary N) is 1. The fourth-order valence-electron chi connectivity index (χ4n) is 3.91. The minimum absolute atomic E-state index is 0.834. The molecule has 2 saturated carbocycles.